The third kappa shape index (κ3) is 3.63. The van der Waals surface area contributed by atoms with Crippen LogP contribution in [0.15, 0.2) is 30.3 Å². The maximum atomic E-state index is 14.1. The number of likely N-dealkylation sites (N-methyl/N-ethyl adjacent to an activating group) is 1. The molecule has 112 valence electrons. The molecular weight excluding hydrogens is 285 g/mol. The van der Waals surface area contributed by atoms with Crippen LogP contribution in [0.25, 0.3) is 0 Å². The Morgan fingerprint density at radius 1 is 1.10 bits per heavy atom. The van der Waals surface area contributed by atoms with E-state index in [1.54, 1.807) is 12.1 Å². The molecule has 0 radical (unpaired) electrons. The van der Waals surface area contributed by atoms with Gasteiger partial charge in [-0.15, -0.1) is 0 Å². The molecule has 1 atom stereocenters. The lowest BCUT2D eigenvalue weighted by Crippen LogP contribution is -2.21. The highest BCUT2D eigenvalue weighted by Crippen LogP contribution is 2.27. The third-order valence-corrected chi connectivity index (χ3v) is 4.17. The molecule has 2 aromatic rings. The first-order valence-corrected chi connectivity index (χ1v) is 7.49. The Morgan fingerprint density at radius 2 is 1.71 bits per heavy atom. The van der Waals surface area contributed by atoms with Crippen molar-refractivity contribution in [3.63, 3.8) is 0 Å². The number of nitrogens with one attached hydrogen (secondary N) is 1. The van der Waals surface area contributed by atoms with E-state index in [9.17, 15) is 4.39 Å². The molecule has 0 amide bonds. The van der Waals surface area contributed by atoms with E-state index >= 15 is 0 Å². The highest BCUT2D eigenvalue weighted by atomic mass is 35.5. The van der Waals surface area contributed by atoms with Crippen molar-refractivity contribution in [2.45, 2.75) is 33.2 Å². The fourth-order valence-electron chi connectivity index (χ4n) is 2.89. The molecule has 2 aromatic carbocycles. The zero-order valence-electron chi connectivity index (χ0n) is 12.9. The van der Waals surface area contributed by atoms with Crippen LogP contribution in [0.5, 0.6) is 0 Å². The average molecular weight is 306 g/mol. The summed E-state index contributed by atoms with van der Waals surface area (Å²) in [4.78, 5) is 0. The minimum Gasteiger partial charge on any atom is -0.313 e. The van der Waals surface area contributed by atoms with Crippen molar-refractivity contribution in [2.75, 3.05) is 7.05 Å². The second-order valence-corrected chi connectivity index (χ2v) is 6.02. The van der Waals surface area contributed by atoms with Crippen LogP contribution >= 0.6 is 11.6 Å². The number of rotatable bonds is 4. The van der Waals surface area contributed by atoms with Gasteiger partial charge in [0.15, 0.2) is 0 Å². The largest absolute Gasteiger partial charge is 0.313 e. The lowest BCUT2D eigenvalue weighted by molar-refractivity contribution is 0.532. The van der Waals surface area contributed by atoms with Gasteiger partial charge >= 0.3 is 0 Å². The van der Waals surface area contributed by atoms with Crippen molar-refractivity contribution in [1.29, 1.82) is 0 Å². The molecule has 0 fully saturated rings. The van der Waals surface area contributed by atoms with E-state index in [1.165, 1.54) is 28.3 Å². The zero-order chi connectivity index (χ0) is 15.6. The predicted octanol–water partition coefficient (Wildman–Crippen LogP) is 4.91. The average Bonchev–Trinajstić information content (AvgIpc) is 2.41. The number of benzene rings is 2. The van der Waals surface area contributed by atoms with Gasteiger partial charge in [0.05, 0.1) is 0 Å². The van der Waals surface area contributed by atoms with Crippen LogP contribution in [0, 0.1) is 26.6 Å². The standard InChI is InChI=1S/C18H21ClFN/c1-11-7-12(2)15(13(3)8-11)10-18(21-4)16-9-14(19)5-6-17(16)20/h5-9,18,21H,10H2,1-4H3. The molecule has 0 heterocycles. The molecule has 0 bridgehead atoms. The summed E-state index contributed by atoms with van der Waals surface area (Å²) in [5.41, 5.74) is 5.62. The van der Waals surface area contributed by atoms with E-state index in [-0.39, 0.29) is 11.9 Å². The van der Waals surface area contributed by atoms with Gasteiger partial charge in [-0.3, -0.25) is 0 Å². The van der Waals surface area contributed by atoms with Crippen LogP contribution in [0.4, 0.5) is 4.39 Å². The van der Waals surface area contributed by atoms with Gasteiger partial charge in [0, 0.05) is 16.6 Å². The minimum atomic E-state index is -0.221. The summed E-state index contributed by atoms with van der Waals surface area (Å²) in [6.45, 7) is 6.31. The molecule has 0 spiro atoms. The van der Waals surface area contributed by atoms with Crippen molar-refractivity contribution in [1.82, 2.24) is 5.32 Å². The fourth-order valence-corrected chi connectivity index (χ4v) is 3.07. The zero-order valence-corrected chi connectivity index (χ0v) is 13.7. The number of aryl methyl sites for hydroxylation is 3. The molecule has 1 nitrogen and oxygen atoms in total. The van der Waals surface area contributed by atoms with E-state index in [1.807, 2.05) is 7.05 Å². The summed E-state index contributed by atoms with van der Waals surface area (Å²) in [5, 5.41) is 3.76. The maximum absolute atomic E-state index is 14.1. The van der Waals surface area contributed by atoms with Crippen LogP contribution in [-0.4, -0.2) is 7.05 Å². The monoisotopic (exact) mass is 305 g/mol. The summed E-state index contributed by atoms with van der Waals surface area (Å²) in [6, 6.07) is 8.96. The van der Waals surface area contributed by atoms with E-state index in [2.05, 4.69) is 38.2 Å². The van der Waals surface area contributed by atoms with Crippen LogP contribution in [0.2, 0.25) is 5.02 Å². The normalized spacial score (nSPS) is 12.5. The second-order valence-electron chi connectivity index (χ2n) is 5.59. The van der Waals surface area contributed by atoms with Crippen LogP contribution in [-0.2, 0) is 6.42 Å². The lowest BCUT2D eigenvalue weighted by atomic mass is 9.91. The highest BCUT2D eigenvalue weighted by molar-refractivity contribution is 6.30. The summed E-state index contributed by atoms with van der Waals surface area (Å²) in [7, 11) is 1.85. The molecule has 2 rings (SSSR count). The Kier molecular flexibility index (Phi) is 5.02. The van der Waals surface area contributed by atoms with Gasteiger partial charge in [0.25, 0.3) is 0 Å². The Balaban J connectivity index is 2.38. The van der Waals surface area contributed by atoms with Gasteiger partial charge in [0.2, 0.25) is 0 Å². The van der Waals surface area contributed by atoms with E-state index in [0.717, 1.165) is 6.42 Å². The molecule has 1 N–H and O–H groups in total. The summed E-state index contributed by atoms with van der Waals surface area (Å²) in [6.07, 6.45) is 0.742. The van der Waals surface area contributed by atoms with E-state index < -0.39 is 0 Å². The molecule has 0 aliphatic rings. The van der Waals surface area contributed by atoms with E-state index in [0.29, 0.717) is 10.6 Å². The number of hydrogen-bond acceptors (Lipinski definition) is 1. The van der Waals surface area contributed by atoms with Crippen molar-refractivity contribution < 1.29 is 4.39 Å². The molecule has 0 saturated carbocycles. The Hall–Kier alpha value is -1.38. The molecule has 0 aliphatic heterocycles. The van der Waals surface area contributed by atoms with Gasteiger partial charge in [0.1, 0.15) is 5.82 Å². The third-order valence-electron chi connectivity index (χ3n) is 3.93. The number of halogens is 2. The first-order valence-electron chi connectivity index (χ1n) is 7.11. The van der Waals surface area contributed by atoms with Gasteiger partial charge in [-0.25, -0.2) is 4.39 Å². The van der Waals surface area contributed by atoms with Gasteiger partial charge in [-0.1, -0.05) is 29.3 Å². The maximum Gasteiger partial charge on any atom is 0.128 e. The van der Waals surface area contributed by atoms with Crippen molar-refractivity contribution in [2.24, 2.45) is 0 Å². The molecule has 3 heteroatoms. The Labute approximate surface area is 131 Å². The summed E-state index contributed by atoms with van der Waals surface area (Å²) >= 11 is 6.01. The van der Waals surface area contributed by atoms with E-state index in [4.69, 9.17) is 11.6 Å². The predicted molar refractivity (Wildman–Crippen MR) is 87.6 cm³/mol. The van der Waals surface area contributed by atoms with Crippen LogP contribution in [0.1, 0.15) is 33.9 Å². The molecule has 21 heavy (non-hydrogen) atoms. The molecule has 1 unspecified atom stereocenters. The van der Waals surface area contributed by atoms with Crippen molar-refractivity contribution in [3.05, 3.63) is 69.0 Å². The summed E-state index contributed by atoms with van der Waals surface area (Å²) < 4.78 is 14.1. The molecule has 0 aromatic heterocycles. The molecule has 0 aliphatic carbocycles. The van der Waals surface area contributed by atoms with Crippen LogP contribution in [0.3, 0.4) is 0 Å². The smallest absolute Gasteiger partial charge is 0.128 e. The van der Waals surface area contributed by atoms with Gasteiger partial charge in [-0.2, -0.15) is 0 Å². The van der Waals surface area contributed by atoms with Crippen molar-refractivity contribution >= 4 is 11.6 Å². The number of hydrogen-bond donors (Lipinski definition) is 1. The topological polar surface area (TPSA) is 12.0 Å². The quantitative estimate of drug-likeness (QED) is 0.846. The minimum absolute atomic E-state index is 0.0937. The fraction of sp³-hybridized carbons (Fsp3) is 0.333. The first-order chi connectivity index (χ1) is 9.92. The first kappa shape index (κ1) is 16.0. The van der Waals surface area contributed by atoms with Crippen LogP contribution < -0.4 is 5.32 Å². The molecule has 0 saturated heterocycles. The Bertz CT molecular complexity index is 629. The lowest BCUT2D eigenvalue weighted by Gasteiger charge is -2.21. The second kappa shape index (κ2) is 6.59. The van der Waals surface area contributed by atoms with Gasteiger partial charge < -0.3 is 5.32 Å². The summed E-state index contributed by atoms with van der Waals surface area (Å²) in [5.74, 6) is -0.221. The Morgan fingerprint density at radius 3 is 2.29 bits per heavy atom. The molecular formula is C18H21ClFN. The SMILES string of the molecule is CNC(Cc1c(C)cc(C)cc1C)c1cc(Cl)ccc1F. The highest BCUT2D eigenvalue weighted by Gasteiger charge is 2.17. The van der Waals surface area contributed by atoms with Gasteiger partial charge in [-0.05, 0) is 69.1 Å². The van der Waals surface area contributed by atoms with Crippen molar-refractivity contribution in [3.8, 4) is 0 Å².